The molecule has 200 valence electrons. The Morgan fingerprint density at radius 3 is 2.51 bits per heavy atom. The maximum Gasteiger partial charge on any atom is 0.301 e. The number of nitrogens with zero attached hydrogens (tertiary/aromatic N) is 2. The number of amides is 1. The van der Waals surface area contributed by atoms with Crippen molar-refractivity contribution in [3.8, 4) is 11.5 Å². The third kappa shape index (κ3) is 5.25. The van der Waals surface area contributed by atoms with Crippen LogP contribution in [-0.2, 0) is 9.59 Å². The first-order valence-electron chi connectivity index (χ1n) is 13.1. The standard InChI is InChI=1S/C31H30N2O5S/c1-4-6-16-38-22-9-7-8-21(17-22)28(34)26-27(20-12-10-19(3)11-13-20)33(30(36)29(26)35)31-32-24-15-14-23(37-5-2)18-25(24)39-31/h7-15,17-18,27,34H,4-6,16H2,1-3H3. The molecule has 0 saturated carbocycles. The highest BCUT2D eigenvalue weighted by Gasteiger charge is 2.48. The maximum atomic E-state index is 13.5. The van der Waals surface area contributed by atoms with Gasteiger partial charge in [-0.15, -0.1) is 0 Å². The summed E-state index contributed by atoms with van der Waals surface area (Å²) in [6, 6.07) is 19.2. The van der Waals surface area contributed by atoms with E-state index in [0.29, 0.717) is 46.5 Å². The number of ether oxygens (including phenoxy) is 2. The highest BCUT2D eigenvalue weighted by atomic mass is 32.1. The van der Waals surface area contributed by atoms with Gasteiger partial charge in [-0.2, -0.15) is 0 Å². The first-order chi connectivity index (χ1) is 18.9. The van der Waals surface area contributed by atoms with E-state index < -0.39 is 17.7 Å². The van der Waals surface area contributed by atoms with Gasteiger partial charge in [0, 0.05) is 5.56 Å². The van der Waals surface area contributed by atoms with Gasteiger partial charge in [0.15, 0.2) is 5.13 Å². The molecule has 0 aliphatic carbocycles. The lowest BCUT2D eigenvalue weighted by molar-refractivity contribution is -0.132. The van der Waals surface area contributed by atoms with Gasteiger partial charge >= 0.3 is 5.91 Å². The Labute approximate surface area is 231 Å². The number of rotatable bonds is 9. The molecule has 5 rings (SSSR count). The Balaban J connectivity index is 1.62. The van der Waals surface area contributed by atoms with Crippen molar-refractivity contribution in [2.45, 2.75) is 39.7 Å². The molecule has 0 radical (unpaired) electrons. The summed E-state index contributed by atoms with van der Waals surface area (Å²) >= 11 is 1.30. The number of ketones is 1. The smallest absolute Gasteiger partial charge is 0.301 e. The number of unbranched alkanes of at least 4 members (excludes halogenated alkanes) is 1. The van der Waals surface area contributed by atoms with E-state index in [-0.39, 0.29) is 11.3 Å². The second-order valence-electron chi connectivity index (χ2n) is 9.37. The van der Waals surface area contributed by atoms with E-state index in [0.717, 1.165) is 23.1 Å². The summed E-state index contributed by atoms with van der Waals surface area (Å²) in [5.41, 5.74) is 2.86. The molecule has 1 aliphatic rings. The van der Waals surface area contributed by atoms with Crippen LogP contribution in [0.4, 0.5) is 5.13 Å². The number of aromatic nitrogens is 1. The fraction of sp³-hybridized carbons (Fsp3) is 0.258. The van der Waals surface area contributed by atoms with Crippen LogP contribution >= 0.6 is 11.3 Å². The molecular formula is C31H30N2O5S. The number of carbonyl (C=O) groups is 2. The Morgan fingerprint density at radius 2 is 1.77 bits per heavy atom. The summed E-state index contributed by atoms with van der Waals surface area (Å²) in [6.45, 7) is 7.05. The van der Waals surface area contributed by atoms with Gasteiger partial charge in [0.1, 0.15) is 17.3 Å². The first-order valence-corrected chi connectivity index (χ1v) is 13.9. The summed E-state index contributed by atoms with van der Waals surface area (Å²) in [4.78, 5) is 33.1. The van der Waals surface area contributed by atoms with Crippen molar-refractivity contribution in [1.29, 1.82) is 0 Å². The number of thiazole rings is 1. The first kappa shape index (κ1) is 26.4. The van der Waals surface area contributed by atoms with Crippen LogP contribution < -0.4 is 14.4 Å². The van der Waals surface area contributed by atoms with E-state index in [9.17, 15) is 14.7 Å². The molecule has 1 amide bonds. The van der Waals surface area contributed by atoms with Crippen LogP contribution in [0.3, 0.4) is 0 Å². The quantitative estimate of drug-likeness (QED) is 0.108. The molecule has 1 fully saturated rings. The number of Topliss-reactive ketones (excluding diaryl/α,β-unsaturated/α-hetero) is 1. The lowest BCUT2D eigenvalue weighted by Gasteiger charge is -2.23. The molecule has 0 bridgehead atoms. The molecule has 1 aliphatic heterocycles. The third-order valence-corrected chi connectivity index (χ3v) is 7.59. The zero-order valence-corrected chi connectivity index (χ0v) is 23.0. The van der Waals surface area contributed by atoms with Gasteiger partial charge < -0.3 is 14.6 Å². The molecule has 1 saturated heterocycles. The van der Waals surface area contributed by atoms with Crippen LogP contribution in [0.15, 0.2) is 72.3 Å². The molecule has 0 spiro atoms. The zero-order chi connectivity index (χ0) is 27.5. The van der Waals surface area contributed by atoms with Gasteiger partial charge in [0.05, 0.1) is 35.0 Å². The minimum atomic E-state index is -0.845. The van der Waals surface area contributed by atoms with Crippen LogP contribution in [0.2, 0.25) is 0 Å². The molecular weight excluding hydrogens is 512 g/mol. The van der Waals surface area contributed by atoms with Crippen molar-refractivity contribution < 1.29 is 24.2 Å². The van der Waals surface area contributed by atoms with Crippen molar-refractivity contribution in [3.05, 3.63) is 89.0 Å². The number of aliphatic hydroxyl groups is 1. The highest BCUT2D eigenvalue weighted by molar-refractivity contribution is 7.22. The van der Waals surface area contributed by atoms with Crippen LogP contribution in [0, 0.1) is 6.92 Å². The monoisotopic (exact) mass is 542 g/mol. The van der Waals surface area contributed by atoms with Crippen molar-refractivity contribution in [2.24, 2.45) is 0 Å². The lowest BCUT2D eigenvalue weighted by Crippen LogP contribution is -2.29. The summed E-state index contributed by atoms with van der Waals surface area (Å²) in [7, 11) is 0. The fourth-order valence-electron chi connectivity index (χ4n) is 4.57. The van der Waals surface area contributed by atoms with E-state index in [2.05, 4.69) is 11.9 Å². The van der Waals surface area contributed by atoms with Crippen LogP contribution in [0.1, 0.15) is 49.4 Å². The van der Waals surface area contributed by atoms with Gasteiger partial charge in [-0.05, 0) is 56.2 Å². The minimum absolute atomic E-state index is 0.0174. The molecule has 1 aromatic heterocycles. The molecule has 1 N–H and O–H groups in total. The Bertz CT molecular complexity index is 1560. The minimum Gasteiger partial charge on any atom is -0.507 e. The molecule has 1 atom stereocenters. The molecule has 8 heteroatoms. The maximum absolute atomic E-state index is 13.5. The summed E-state index contributed by atoms with van der Waals surface area (Å²) < 4.78 is 12.3. The van der Waals surface area contributed by atoms with Crippen LogP contribution in [-0.4, -0.2) is 35.0 Å². The molecule has 39 heavy (non-hydrogen) atoms. The van der Waals surface area contributed by atoms with Gasteiger partial charge in [-0.1, -0.05) is 66.6 Å². The average Bonchev–Trinajstić information content (AvgIpc) is 3.47. The van der Waals surface area contributed by atoms with E-state index in [1.54, 1.807) is 24.3 Å². The molecule has 2 heterocycles. The molecule has 7 nitrogen and oxygen atoms in total. The van der Waals surface area contributed by atoms with Crippen molar-refractivity contribution in [2.75, 3.05) is 18.1 Å². The number of fused-ring (bicyclic) bond motifs is 1. The van der Waals surface area contributed by atoms with E-state index in [1.165, 1.54) is 16.2 Å². The van der Waals surface area contributed by atoms with E-state index in [1.807, 2.05) is 56.3 Å². The number of aliphatic hydroxyl groups excluding tert-OH is 1. The van der Waals surface area contributed by atoms with Gasteiger partial charge in [-0.3, -0.25) is 14.5 Å². The number of benzene rings is 3. The largest absolute Gasteiger partial charge is 0.507 e. The Kier molecular flexibility index (Phi) is 7.65. The highest BCUT2D eigenvalue weighted by Crippen LogP contribution is 2.44. The number of anilines is 1. The number of aryl methyl sites for hydroxylation is 1. The summed E-state index contributed by atoms with van der Waals surface area (Å²) in [6.07, 6.45) is 1.90. The molecule has 1 unspecified atom stereocenters. The van der Waals surface area contributed by atoms with Crippen LogP contribution in [0.5, 0.6) is 11.5 Å². The summed E-state index contributed by atoms with van der Waals surface area (Å²) in [5.74, 6) is -0.448. The van der Waals surface area contributed by atoms with Crippen molar-refractivity contribution in [1.82, 2.24) is 4.98 Å². The number of carbonyl (C=O) groups excluding carboxylic acids is 2. The van der Waals surface area contributed by atoms with E-state index in [4.69, 9.17) is 9.47 Å². The predicted molar refractivity (Wildman–Crippen MR) is 154 cm³/mol. The van der Waals surface area contributed by atoms with Crippen LogP contribution in [0.25, 0.3) is 16.0 Å². The second-order valence-corrected chi connectivity index (χ2v) is 10.4. The predicted octanol–water partition coefficient (Wildman–Crippen LogP) is 6.81. The second kappa shape index (κ2) is 11.3. The summed E-state index contributed by atoms with van der Waals surface area (Å²) in [5, 5.41) is 11.9. The average molecular weight is 543 g/mol. The number of hydrogen-bond donors (Lipinski definition) is 1. The molecule has 3 aromatic carbocycles. The third-order valence-electron chi connectivity index (χ3n) is 6.58. The normalized spacial score (nSPS) is 16.7. The fourth-order valence-corrected chi connectivity index (χ4v) is 5.59. The Hall–Kier alpha value is -4.17. The van der Waals surface area contributed by atoms with Crippen molar-refractivity contribution in [3.63, 3.8) is 0 Å². The topological polar surface area (TPSA) is 89.0 Å². The van der Waals surface area contributed by atoms with E-state index >= 15 is 0 Å². The SMILES string of the molecule is CCCCOc1cccc(C(O)=C2C(=O)C(=O)N(c3nc4ccc(OCC)cc4s3)C2c2ccc(C)cc2)c1. The van der Waals surface area contributed by atoms with Crippen molar-refractivity contribution >= 4 is 44.1 Å². The van der Waals surface area contributed by atoms with Gasteiger partial charge in [0.25, 0.3) is 5.78 Å². The Morgan fingerprint density at radius 1 is 1.00 bits per heavy atom. The number of hydrogen-bond acceptors (Lipinski definition) is 7. The van der Waals surface area contributed by atoms with Gasteiger partial charge in [0.2, 0.25) is 0 Å². The van der Waals surface area contributed by atoms with Gasteiger partial charge in [-0.25, -0.2) is 4.98 Å². The zero-order valence-electron chi connectivity index (χ0n) is 22.1. The molecule has 4 aromatic rings. The lowest BCUT2D eigenvalue weighted by atomic mass is 9.95.